The number of hydrogen-bond donors (Lipinski definition) is 4. The molecule has 2 amide bonds. The number of benzene rings is 1. The number of phenols is 1. The highest BCUT2D eigenvalue weighted by Gasteiger charge is 2.18. The summed E-state index contributed by atoms with van der Waals surface area (Å²) in [6, 6.07) is 6.43. The number of rotatable bonds is 13. The van der Waals surface area contributed by atoms with Crippen LogP contribution in [0.15, 0.2) is 24.3 Å². The lowest BCUT2D eigenvalue weighted by Gasteiger charge is -2.10. The summed E-state index contributed by atoms with van der Waals surface area (Å²) < 4.78 is 0. The highest BCUT2D eigenvalue weighted by Crippen LogP contribution is 2.16. The molecule has 0 saturated heterocycles. The maximum absolute atomic E-state index is 11.9. The Morgan fingerprint density at radius 2 is 1.62 bits per heavy atom. The number of primary amides is 1. The Kier molecular flexibility index (Phi) is 9.82. The number of nitrogens with one attached hydrogen (secondary N) is 1. The van der Waals surface area contributed by atoms with E-state index in [0.717, 1.165) is 38.5 Å². The molecule has 0 radical (unpaired) electrons. The fraction of sp³-hybridized carbons (Fsp3) is 0.526. The zero-order valence-corrected chi connectivity index (χ0v) is 14.9. The van der Waals surface area contributed by atoms with E-state index in [1.807, 2.05) is 0 Å². The van der Waals surface area contributed by atoms with Crippen LogP contribution >= 0.6 is 0 Å². The molecule has 7 heteroatoms. The van der Waals surface area contributed by atoms with Crippen molar-refractivity contribution in [3.63, 3.8) is 0 Å². The minimum Gasteiger partial charge on any atom is -0.507 e. The molecular formula is C19H28N2O5. The molecule has 0 aliphatic rings. The smallest absolute Gasteiger partial charge is 0.304 e. The van der Waals surface area contributed by atoms with Crippen LogP contribution < -0.4 is 11.1 Å². The van der Waals surface area contributed by atoms with Crippen molar-refractivity contribution in [3.8, 4) is 5.75 Å². The Bertz CT molecular complexity index is 603. The predicted molar refractivity (Wildman–Crippen MR) is 97.7 cm³/mol. The van der Waals surface area contributed by atoms with E-state index >= 15 is 0 Å². The summed E-state index contributed by atoms with van der Waals surface area (Å²) >= 11 is 0. The van der Waals surface area contributed by atoms with E-state index in [4.69, 9.17) is 10.8 Å². The van der Waals surface area contributed by atoms with E-state index in [2.05, 4.69) is 5.32 Å². The van der Waals surface area contributed by atoms with Gasteiger partial charge in [-0.25, -0.2) is 0 Å². The first-order chi connectivity index (χ1) is 12.4. The quantitative estimate of drug-likeness (QED) is 0.399. The molecule has 0 fully saturated rings. The van der Waals surface area contributed by atoms with Gasteiger partial charge in [-0.1, -0.05) is 44.2 Å². The summed E-state index contributed by atoms with van der Waals surface area (Å²) in [4.78, 5) is 33.7. The lowest BCUT2D eigenvalue weighted by atomic mass is 9.96. The predicted octanol–water partition coefficient (Wildman–Crippen LogP) is 2.43. The van der Waals surface area contributed by atoms with Crippen LogP contribution in [0.3, 0.4) is 0 Å². The van der Waals surface area contributed by atoms with Crippen molar-refractivity contribution in [1.82, 2.24) is 5.32 Å². The van der Waals surface area contributed by atoms with E-state index in [1.165, 1.54) is 6.07 Å². The van der Waals surface area contributed by atoms with Gasteiger partial charge in [0.1, 0.15) is 5.75 Å². The molecular weight excluding hydrogens is 336 g/mol. The Hall–Kier alpha value is -2.57. The van der Waals surface area contributed by atoms with Crippen LogP contribution in [0.25, 0.3) is 0 Å². The summed E-state index contributed by atoms with van der Waals surface area (Å²) in [6.07, 6.45) is 5.83. The Morgan fingerprint density at radius 1 is 1.00 bits per heavy atom. The third kappa shape index (κ3) is 8.50. The van der Waals surface area contributed by atoms with Gasteiger partial charge in [0.25, 0.3) is 5.91 Å². The second-order valence-corrected chi connectivity index (χ2v) is 6.38. The molecule has 26 heavy (non-hydrogen) atoms. The van der Waals surface area contributed by atoms with Crippen molar-refractivity contribution in [2.24, 2.45) is 11.7 Å². The van der Waals surface area contributed by atoms with E-state index in [-0.39, 0.29) is 23.6 Å². The molecule has 0 saturated carbocycles. The van der Waals surface area contributed by atoms with Gasteiger partial charge >= 0.3 is 5.97 Å². The first-order valence-corrected chi connectivity index (χ1v) is 8.99. The molecule has 1 aromatic rings. The molecule has 5 N–H and O–H groups in total. The third-order valence-corrected chi connectivity index (χ3v) is 4.24. The van der Waals surface area contributed by atoms with Crippen molar-refractivity contribution in [2.75, 3.05) is 6.54 Å². The zero-order chi connectivity index (χ0) is 19.4. The van der Waals surface area contributed by atoms with Gasteiger partial charge in [-0.15, -0.1) is 0 Å². The standard InChI is InChI=1S/C19H28N2O5/c20-18(25)14(13-17(23)24)9-5-3-1-2-4-8-12-21-19(26)15-10-6-7-11-16(15)22/h6-7,10-11,14,22H,1-5,8-9,12-13H2,(H2,20,25)(H,21,26)(H,23,24). The maximum Gasteiger partial charge on any atom is 0.304 e. The number of phenolic OH excluding ortho intramolecular Hbond substituents is 1. The van der Waals surface area contributed by atoms with Crippen molar-refractivity contribution < 1.29 is 24.6 Å². The van der Waals surface area contributed by atoms with Gasteiger partial charge in [0.05, 0.1) is 12.0 Å². The Balaban J connectivity index is 2.06. The van der Waals surface area contributed by atoms with Crippen molar-refractivity contribution in [3.05, 3.63) is 29.8 Å². The second-order valence-electron chi connectivity index (χ2n) is 6.38. The number of para-hydroxylation sites is 1. The van der Waals surface area contributed by atoms with Gasteiger partial charge in [-0.2, -0.15) is 0 Å². The summed E-state index contributed by atoms with van der Waals surface area (Å²) in [5.41, 5.74) is 5.48. The monoisotopic (exact) mass is 364 g/mol. The maximum atomic E-state index is 11.9. The van der Waals surface area contributed by atoms with Gasteiger partial charge in [-0.05, 0) is 25.0 Å². The highest BCUT2D eigenvalue weighted by atomic mass is 16.4. The molecule has 7 nitrogen and oxygen atoms in total. The minimum atomic E-state index is -1.00. The molecule has 0 spiro atoms. The van der Waals surface area contributed by atoms with E-state index < -0.39 is 17.8 Å². The van der Waals surface area contributed by atoms with Gasteiger partial charge in [0.15, 0.2) is 0 Å². The van der Waals surface area contributed by atoms with Crippen LogP contribution in [0.5, 0.6) is 5.75 Å². The number of aliphatic carboxylic acids is 1. The molecule has 1 unspecified atom stereocenters. The van der Waals surface area contributed by atoms with E-state index in [9.17, 15) is 19.5 Å². The van der Waals surface area contributed by atoms with Crippen LogP contribution in [0.4, 0.5) is 0 Å². The number of nitrogens with two attached hydrogens (primary N) is 1. The summed E-state index contributed by atoms with van der Waals surface area (Å²) in [5.74, 6) is -2.44. The molecule has 144 valence electrons. The number of aromatic hydroxyl groups is 1. The molecule has 1 rings (SSSR count). The summed E-state index contributed by atoms with van der Waals surface area (Å²) in [7, 11) is 0. The van der Waals surface area contributed by atoms with Crippen LogP contribution in [0, 0.1) is 5.92 Å². The number of amides is 2. The average molecular weight is 364 g/mol. The molecule has 0 aromatic heterocycles. The number of carbonyl (C=O) groups excluding carboxylic acids is 2. The zero-order valence-electron chi connectivity index (χ0n) is 14.9. The van der Waals surface area contributed by atoms with Crippen LogP contribution in [0.2, 0.25) is 0 Å². The lowest BCUT2D eigenvalue weighted by Crippen LogP contribution is -2.25. The number of carboxylic acids is 1. The van der Waals surface area contributed by atoms with Crippen LogP contribution in [0.1, 0.15) is 61.7 Å². The van der Waals surface area contributed by atoms with Crippen molar-refractivity contribution in [2.45, 2.75) is 51.4 Å². The van der Waals surface area contributed by atoms with Gasteiger partial charge < -0.3 is 21.3 Å². The Labute approximate surface area is 153 Å². The number of carboxylic acid groups (broad SMARTS) is 1. The van der Waals surface area contributed by atoms with Crippen molar-refractivity contribution >= 4 is 17.8 Å². The number of unbranched alkanes of at least 4 members (excludes halogenated alkanes) is 5. The van der Waals surface area contributed by atoms with Crippen LogP contribution in [-0.4, -0.2) is 34.5 Å². The van der Waals surface area contributed by atoms with Gasteiger partial charge in [-0.3, -0.25) is 14.4 Å². The minimum absolute atomic E-state index is 0.0258. The summed E-state index contributed by atoms with van der Waals surface area (Å²) in [5, 5.41) is 21.1. The average Bonchev–Trinajstić information content (AvgIpc) is 2.58. The third-order valence-electron chi connectivity index (χ3n) is 4.24. The van der Waals surface area contributed by atoms with Crippen molar-refractivity contribution in [1.29, 1.82) is 0 Å². The Morgan fingerprint density at radius 3 is 2.23 bits per heavy atom. The van der Waals surface area contributed by atoms with Gasteiger partial charge in [0.2, 0.25) is 5.91 Å². The SMILES string of the molecule is NC(=O)C(CCCCCCCCNC(=O)c1ccccc1O)CC(=O)O. The number of hydrogen-bond acceptors (Lipinski definition) is 4. The molecule has 1 aromatic carbocycles. The molecule has 0 aliphatic heterocycles. The lowest BCUT2D eigenvalue weighted by molar-refractivity contribution is -0.140. The molecule has 1 atom stereocenters. The summed E-state index contributed by atoms with van der Waals surface area (Å²) in [6.45, 7) is 0.551. The first kappa shape index (κ1) is 21.5. The topological polar surface area (TPSA) is 130 Å². The molecule has 0 aliphatic carbocycles. The largest absolute Gasteiger partial charge is 0.507 e. The fourth-order valence-corrected chi connectivity index (χ4v) is 2.74. The number of carbonyl (C=O) groups is 3. The second kappa shape index (κ2) is 11.9. The van der Waals surface area contributed by atoms with E-state index in [0.29, 0.717) is 13.0 Å². The normalized spacial score (nSPS) is 11.7. The molecule has 0 bridgehead atoms. The fourth-order valence-electron chi connectivity index (χ4n) is 2.74. The van der Waals surface area contributed by atoms with Gasteiger partial charge in [0, 0.05) is 12.5 Å². The first-order valence-electron chi connectivity index (χ1n) is 8.99. The van der Waals surface area contributed by atoms with E-state index in [1.54, 1.807) is 18.2 Å². The highest BCUT2D eigenvalue weighted by molar-refractivity contribution is 5.96. The molecule has 0 heterocycles. The van der Waals surface area contributed by atoms with Crippen LogP contribution in [-0.2, 0) is 9.59 Å².